The van der Waals surface area contributed by atoms with Gasteiger partial charge in [0.05, 0.1) is 12.0 Å². The number of methoxy groups -OCH3 is 1. The quantitative estimate of drug-likeness (QED) is 0.919. The molecule has 0 fully saturated rings. The predicted molar refractivity (Wildman–Crippen MR) is 80.7 cm³/mol. The van der Waals surface area contributed by atoms with E-state index >= 15 is 0 Å². The van der Waals surface area contributed by atoms with Crippen molar-refractivity contribution in [3.63, 3.8) is 0 Å². The number of hydrogen-bond acceptors (Lipinski definition) is 4. The van der Waals surface area contributed by atoms with Gasteiger partial charge < -0.3 is 4.74 Å². The maximum atomic E-state index is 12.3. The van der Waals surface area contributed by atoms with Gasteiger partial charge in [-0.3, -0.25) is 0 Å². The smallest absolute Gasteiger partial charge is 0.241 e. The Labute approximate surface area is 125 Å². The van der Waals surface area contributed by atoms with Gasteiger partial charge in [-0.25, -0.2) is 18.1 Å². The molecule has 1 heterocycles. The fourth-order valence-corrected chi connectivity index (χ4v) is 3.23. The lowest BCUT2D eigenvalue weighted by Crippen LogP contribution is -2.24. The van der Waals surface area contributed by atoms with E-state index in [-0.39, 0.29) is 6.54 Å². The molecule has 0 spiro atoms. The molecule has 6 heteroatoms. The van der Waals surface area contributed by atoms with Gasteiger partial charge in [-0.05, 0) is 36.6 Å². The van der Waals surface area contributed by atoms with E-state index in [2.05, 4.69) is 9.71 Å². The van der Waals surface area contributed by atoms with E-state index in [1.54, 1.807) is 37.4 Å². The molecule has 0 unspecified atom stereocenters. The lowest BCUT2D eigenvalue weighted by Gasteiger charge is -2.10. The van der Waals surface area contributed by atoms with Crippen molar-refractivity contribution in [2.75, 3.05) is 7.11 Å². The van der Waals surface area contributed by atoms with Gasteiger partial charge in [-0.1, -0.05) is 18.2 Å². The first-order valence-corrected chi connectivity index (χ1v) is 7.96. The number of sulfonamides is 1. The van der Waals surface area contributed by atoms with E-state index in [0.717, 1.165) is 16.7 Å². The second kappa shape index (κ2) is 6.24. The Hall–Kier alpha value is -1.92. The fourth-order valence-electron chi connectivity index (χ4n) is 1.89. The zero-order valence-corrected chi connectivity index (χ0v) is 13.1. The maximum Gasteiger partial charge on any atom is 0.241 e. The average Bonchev–Trinajstić information content (AvgIpc) is 2.48. The summed E-state index contributed by atoms with van der Waals surface area (Å²) in [6.45, 7) is 3.83. The number of aryl methyl sites for hydroxylation is 2. The van der Waals surface area contributed by atoms with Crippen LogP contribution in [0.5, 0.6) is 5.88 Å². The van der Waals surface area contributed by atoms with Crippen LogP contribution in [0.1, 0.15) is 16.7 Å². The van der Waals surface area contributed by atoms with Crippen molar-refractivity contribution in [2.24, 2.45) is 0 Å². The molecule has 1 aromatic carbocycles. The van der Waals surface area contributed by atoms with Crippen LogP contribution in [0.25, 0.3) is 0 Å². The lowest BCUT2D eigenvalue weighted by molar-refractivity contribution is 0.397. The van der Waals surface area contributed by atoms with Crippen LogP contribution in [0.2, 0.25) is 0 Å². The summed E-state index contributed by atoms with van der Waals surface area (Å²) < 4.78 is 32.2. The molecule has 0 radical (unpaired) electrons. The molecule has 0 atom stereocenters. The Morgan fingerprint density at radius 1 is 1.19 bits per heavy atom. The SMILES string of the molecule is COc1ccc(CNS(=O)(=O)c2cc(C)ccc2C)cn1. The van der Waals surface area contributed by atoms with E-state index in [1.807, 2.05) is 13.0 Å². The Morgan fingerprint density at radius 2 is 1.95 bits per heavy atom. The minimum atomic E-state index is -3.54. The van der Waals surface area contributed by atoms with Crippen LogP contribution in [0.4, 0.5) is 0 Å². The number of benzene rings is 1. The molecule has 2 aromatic rings. The van der Waals surface area contributed by atoms with Gasteiger partial charge >= 0.3 is 0 Å². The van der Waals surface area contributed by atoms with Crippen LogP contribution in [0, 0.1) is 13.8 Å². The Balaban J connectivity index is 2.15. The van der Waals surface area contributed by atoms with Crippen molar-refractivity contribution in [3.8, 4) is 5.88 Å². The Kier molecular flexibility index (Phi) is 4.59. The molecule has 0 amide bonds. The standard InChI is InChI=1S/C15H18N2O3S/c1-11-4-5-12(2)14(8-11)21(18,19)17-10-13-6-7-15(20-3)16-9-13/h4-9,17H,10H2,1-3H3. The summed E-state index contributed by atoms with van der Waals surface area (Å²) in [4.78, 5) is 4.35. The Morgan fingerprint density at radius 3 is 2.57 bits per heavy atom. The van der Waals surface area contributed by atoms with E-state index < -0.39 is 10.0 Å². The van der Waals surface area contributed by atoms with Gasteiger partial charge in [-0.2, -0.15) is 0 Å². The normalized spacial score (nSPS) is 11.4. The third-order valence-corrected chi connectivity index (χ3v) is 4.65. The number of rotatable bonds is 5. The zero-order valence-electron chi connectivity index (χ0n) is 12.3. The molecule has 2 rings (SSSR count). The van der Waals surface area contributed by atoms with Crippen molar-refractivity contribution in [3.05, 3.63) is 53.2 Å². The number of nitrogens with one attached hydrogen (secondary N) is 1. The summed E-state index contributed by atoms with van der Waals surface area (Å²) >= 11 is 0. The zero-order chi connectivity index (χ0) is 15.5. The van der Waals surface area contributed by atoms with Gasteiger partial charge in [0.25, 0.3) is 0 Å². The van der Waals surface area contributed by atoms with E-state index in [4.69, 9.17) is 4.74 Å². The number of hydrogen-bond donors (Lipinski definition) is 1. The van der Waals surface area contributed by atoms with E-state index in [0.29, 0.717) is 10.8 Å². The first-order valence-electron chi connectivity index (χ1n) is 6.48. The molecular formula is C15H18N2O3S. The largest absolute Gasteiger partial charge is 0.481 e. The minimum Gasteiger partial charge on any atom is -0.481 e. The van der Waals surface area contributed by atoms with E-state index in [1.165, 1.54) is 7.11 Å². The second-order valence-corrected chi connectivity index (χ2v) is 6.54. The van der Waals surface area contributed by atoms with Gasteiger partial charge in [0, 0.05) is 18.8 Å². The molecule has 0 aliphatic rings. The molecule has 1 N–H and O–H groups in total. The summed E-state index contributed by atoms with van der Waals surface area (Å²) in [5.41, 5.74) is 2.40. The number of aromatic nitrogens is 1. The lowest BCUT2D eigenvalue weighted by atomic mass is 10.2. The highest BCUT2D eigenvalue weighted by Gasteiger charge is 2.16. The number of ether oxygens (including phenoxy) is 1. The number of nitrogens with zero attached hydrogens (tertiary/aromatic N) is 1. The third-order valence-electron chi connectivity index (χ3n) is 3.11. The summed E-state index contributed by atoms with van der Waals surface area (Å²) in [6, 6.07) is 8.84. The van der Waals surface area contributed by atoms with Crippen molar-refractivity contribution in [1.82, 2.24) is 9.71 Å². The van der Waals surface area contributed by atoms with Gasteiger partial charge in [0.15, 0.2) is 0 Å². The molecule has 0 saturated heterocycles. The molecule has 0 aliphatic carbocycles. The van der Waals surface area contributed by atoms with Crippen molar-refractivity contribution in [2.45, 2.75) is 25.3 Å². The van der Waals surface area contributed by atoms with E-state index in [9.17, 15) is 8.42 Å². The highest BCUT2D eigenvalue weighted by molar-refractivity contribution is 7.89. The maximum absolute atomic E-state index is 12.3. The Bertz CT molecular complexity index is 725. The molecule has 1 aromatic heterocycles. The monoisotopic (exact) mass is 306 g/mol. The van der Waals surface area contributed by atoms with Crippen LogP contribution in [0.3, 0.4) is 0 Å². The first kappa shape index (κ1) is 15.5. The van der Waals surface area contributed by atoms with Gasteiger partial charge in [0.1, 0.15) is 0 Å². The number of pyridine rings is 1. The first-order chi connectivity index (χ1) is 9.92. The molecule has 0 aliphatic heterocycles. The van der Waals surface area contributed by atoms with Gasteiger partial charge in [-0.15, -0.1) is 0 Å². The molecule has 0 bridgehead atoms. The highest BCUT2D eigenvalue weighted by Crippen LogP contribution is 2.17. The predicted octanol–water partition coefficient (Wildman–Crippen LogP) is 2.19. The minimum absolute atomic E-state index is 0.187. The fraction of sp³-hybridized carbons (Fsp3) is 0.267. The van der Waals surface area contributed by atoms with Gasteiger partial charge in [0.2, 0.25) is 15.9 Å². The van der Waals surface area contributed by atoms with Crippen LogP contribution >= 0.6 is 0 Å². The highest BCUT2D eigenvalue weighted by atomic mass is 32.2. The molecule has 5 nitrogen and oxygen atoms in total. The van der Waals surface area contributed by atoms with Crippen molar-refractivity contribution >= 4 is 10.0 Å². The molecular weight excluding hydrogens is 288 g/mol. The molecule has 112 valence electrons. The molecule has 0 saturated carbocycles. The summed E-state index contributed by atoms with van der Waals surface area (Å²) in [6.07, 6.45) is 1.59. The van der Waals surface area contributed by atoms with Crippen LogP contribution in [0.15, 0.2) is 41.4 Å². The van der Waals surface area contributed by atoms with Crippen LogP contribution in [-0.4, -0.2) is 20.5 Å². The summed E-state index contributed by atoms with van der Waals surface area (Å²) in [5, 5.41) is 0. The summed E-state index contributed by atoms with van der Waals surface area (Å²) in [5.74, 6) is 0.496. The topological polar surface area (TPSA) is 68.3 Å². The second-order valence-electron chi connectivity index (χ2n) is 4.80. The van der Waals surface area contributed by atoms with Crippen molar-refractivity contribution in [1.29, 1.82) is 0 Å². The van der Waals surface area contributed by atoms with Crippen molar-refractivity contribution < 1.29 is 13.2 Å². The average molecular weight is 306 g/mol. The summed E-state index contributed by atoms with van der Waals surface area (Å²) in [7, 11) is -2.00. The van der Waals surface area contributed by atoms with Crippen LogP contribution in [-0.2, 0) is 16.6 Å². The molecule has 21 heavy (non-hydrogen) atoms. The van der Waals surface area contributed by atoms with Crippen LogP contribution < -0.4 is 9.46 Å². The third kappa shape index (κ3) is 3.80.